The highest BCUT2D eigenvalue weighted by atomic mass is 32.1. The molecule has 1 saturated heterocycles. The number of fused-ring (bicyclic) bond motifs is 1. The molecule has 4 aromatic rings. The molecule has 31 heavy (non-hydrogen) atoms. The average molecular weight is 433 g/mol. The van der Waals surface area contributed by atoms with Gasteiger partial charge in [0, 0.05) is 37.6 Å². The van der Waals surface area contributed by atoms with Gasteiger partial charge >= 0.3 is 0 Å². The van der Waals surface area contributed by atoms with Crippen LogP contribution in [-0.4, -0.2) is 48.5 Å². The number of nitrogens with one attached hydrogen (secondary N) is 1. The smallest absolute Gasteiger partial charge is 0.291 e. The number of likely N-dealkylation sites (N-methyl/N-ethyl adjacent to an activating group) is 1. The third kappa shape index (κ3) is 4.19. The summed E-state index contributed by atoms with van der Waals surface area (Å²) in [5.74, 6) is 0.610. The molecule has 1 aliphatic heterocycles. The fraction of sp³-hybridized carbons (Fsp3) is 0.250. The summed E-state index contributed by atoms with van der Waals surface area (Å²) in [6.07, 6.45) is 0. The van der Waals surface area contributed by atoms with E-state index in [0.717, 1.165) is 53.6 Å². The molecule has 0 spiro atoms. The minimum absolute atomic E-state index is 0.267. The Kier molecular flexibility index (Phi) is 5.44. The number of carbonyl (C=O) groups is 1. The van der Waals surface area contributed by atoms with Gasteiger partial charge in [-0.1, -0.05) is 19.1 Å². The van der Waals surface area contributed by atoms with E-state index in [2.05, 4.69) is 39.2 Å². The molecule has 0 bridgehead atoms. The van der Waals surface area contributed by atoms with Gasteiger partial charge in [0.15, 0.2) is 16.5 Å². The highest BCUT2D eigenvalue weighted by Crippen LogP contribution is 2.31. The lowest BCUT2D eigenvalue weighted by molar-refractivity contribution is 0.0997. The first-order chi connectivity index (χ1) is 15.2. The first-order valence-electron chi connectivity index (χ1n) is 10.5. The van der Waals surface area contributed by atoms with Crippen LogP contribution in [0.2, 0.25) is 0 Å². The van der Waals surface area contributed by atoms with Gasteiger partial charge < -0.3 is 19.5 Å². The largest absolute Gasteiger partial charge is 0.448 e. The Balaban J connectivity index is 1.24. The van der Waals surface area contributed by atoms with E-state index in [-0.39, 0.29) is 11.7 Å². The van der Waals surface area contributed by atoms with Crippen molar-refractivity contribution in [2.24, 2.45) is 0 Å². The normalized spacial score (nSPS) is 14.8. The molecule has 5 rings (SSSR count). The summed E-state index contributed by atoms with van der Waals surface area (Å²) in [6.45, 7) is 7.54. The van der Waals surface area contributed by atoms with Gasteiger partial charge in [-0.2, -0.15) is 0 Å². The van der Waals surface area contributed by atoms with Crippen molar-refractivity contribution >= 4 is 38.8 Å². The number of piperazine rings is 1. The fourth-order valence-electron chi connectivity index (χ4n) is 3.82. The zero-order valence-corrected chi connectivity index (χ0v) is 18.2. The number of para-hydroxylation sites is 1. The second-order valence-electron chi connectivity index (χ2n) is 7.57. The van der Waals surface area contributed by atoms with E-state index in [1.165, 1.54) is 5.69 Å². The van der Waals surface area contributed by atoms with Crippen molar-refractivity contribution in [1.82, 2.24) is 9.88 Å². The van der Waals surface area contributed by atoms with Crippen molar-refractivity contribution in [2.75, 3.05) is 42.9 Å². The third-order valence-corrected chi connectivity index (χ3v) is 6.70. The Bertz CT molecular complexity index is 1160. The molecule has 2 aromatic heterocycles. The topological polar surface area (TPSA) is 61.6 Å². The summed E-state index contributed by atoms with van der Waals surface area (Å²) < 4.78 is 6.89. The van der Waals surface area contributed by atoms with Gasteiger partial charge in [0.2, 0.25) is 0 Å². The quantitative estimate of drug-likeness (QED) is 0.483. The highest BCUT2D eigenvalue weighted by molar-refractivity contribution is 7.21. The number of thiazole rings is 1. The Labute approximate surface area is 185 Å². The van der Waals surface area contributed by atoms with Gasteiger partial charge in [0.1, 0.15) is 0 Å². The van der Waals surface area contributed by atoms with Crippen LogP contribution in [0.5, 0.6) is 0 Å². The van der Waals surface area contributed by atoms with E-state index in [4.69, 9.17) is 4.42 Å². The average Bonchev–Trinajstić information content (AvgIpc) is 3.47. The first kappa shape index (κ1) is 19.8. The van der Waals surface area contributed by atoms with Gasteiger partial charge in [-0.05, 0) is 55.1 Å². The molecule has 1 amide bonds. The lowest BCUT2D eigenvalue weighted by Crippen LogP contribution is -2.46. The van der Waals surface area contributed by atoms with Crippen molar-refractivity contribution in [2.45, 2.75) is 6.92 Å². The minimum Gasteiger partial charge on any atom is -0.448 e. The summed E-state index contributed by atoms with van der Waals surface area (Å²) in [4.78, 5) is 22.1. The zero-order valence-electron chi connectivity index (χ0n) is 17.4. The van der Waals surface area contributed by atoms with Crippen molar-refractivity contribution in [1.29, 1.82) is 0 Å². The zero-order chi connectivity index (χ0) is 21.2. The second kappa shape index (κ2) is 8.53. The maximum Gasteiger partial charge on any atom is 0.291 e. The van der Waals surface area contributed by atoms with Gasteiger partial charge in [0.05, 0.1) is 10.2 Å². The number of nitrogens with zero attached hydrogens (tertiary/aromatic N) is 3. The second-order valence-corrected chi connectivity index (χ2v) is 8.60. The molecule has 0 saturated carbocycles. The number of rotatable bonds is 5. The lowest BCUT2D eigenvalue weighted by Gasteiger charge is -2.35. The molecular formula is C24H24N4O2S. The van der Waals surface area contributed by atoms with Crippen LogP contribution in [0.4, 0.5) is 11.4 Å². The molecule has 0 aliphatic carbocycles. The lowest BCUT2D eigenvalue weighted by atomic mass is 10.2. The summed E-state index contributed by atoms with van der Waals surface area (Å²) >= 11 is 1.55. The monoisotopic (exact) mass is 432 g/mol. The summed E-state index contributed by atoms with van der Waals surface area (Å²) in [5, 5.41) is 3.69. The molecule has 6 nitrogen and oxygen atoms in total. The van der Waals surface area contributed by atoms with Gasteiger partial charge in [-0.15, -0.1) is 11.3 Å². The maximum absolute atomic E-state index is 12.6. The first-order valence-corrected chi connectivity index (χ1v) is 11.4. The Morgan fingerprint density at radius 1 is 1.03 bits per heavy atom. The Morgan fingerprint density at radius 2 is 1.81 bits per heavy atom. The van der Waals surface area contributed by atoms with Crippen LogP contribution in [-0.2, 0) is 0 Å². The van der Waals surface area contributed by atoms with Crippen LogP contribution in [0.15, 0.2) is 65.1 Å². The molecule has 2 aromatic carbocycles. The molecule has 3 heterocycles. The van der Waals surface area contributed by atoms with Crippen LogP contribution in [0.1, 0.15) is 17.5 Å². The molecule has 7 heteroatoms. The van der Waals surface area contributed by atoms with Crippen molar-refractivity contribution < 1.29 is 9.21 Å². The van der Waals surface area contributed by atoms with E-state index in [0.29, 0.717) is 5.76 Å². The summed E-state index contributed by atoms with van der Waals surface area (Å²) in [6, 6.07) is 19.4. The van der Waals surface area contributed by atoms with Crippen molar-refractivity contribution in [3.8, 4) is 10.8 Å². The minimum atomic E-state index is -0.267. The molecular weight excluding hydrogens is 408 g/mol. The molecule has 1 aliphatic rings. The van der Waals surface area contributed by atoms with Gasteiger partial charge in [-0.25, -0.2) is 4.98 Å². The maximum atomic E-state index is 12.6. The predicted molar refractivity (Wildman–Crippen MR) is 126 cm³/mol. The van der Waals surface area contributed by atoms with Gasteiger partial charge in [-0.3, -0.25) is 4.79 Å². The van der Waals surface area contributed by atoms with Crippen LogP contribution < -0.4 is 10.2 Å². The third-order valence-electron chi connectivity index (χ3n) is 5.64. The molecule has 1 fully saturated rings. The van der Waals surface area contributed by atoms with Crippen LogP contribution in [0.25, 0.3) is 21.0 Å². The van der Waals surface area contributed by atoms with Crippen molar-refractivity contribution in [3.63, 3.8) is 0 Å². The van der Waals surface area contributed by atoms with E-state index in [1.54, 1.807) is 23.5 Å². The number of benzene rings is 2. The number of hydrogen-bond acceptors (Lipinski definition) is 6. The van der Waals surface area contributed by atoms with E-state index < -0.39 is 0 Å². The Morgan fingerprint density at radius 3 is 2.55 bits per heavy atom. The van der Waals surface area contributed by atoms with E-state index in [9.17, 15) is 4.79 Å². The summed E-state index contributed by atoms with van der Waals surface area (Å²) in [7, 11) is 0. The molecule has 0 atom stereocenters. The number of anilines is 2. The number of hydrogen-bond donors (Lipinski definition) is 1. The molecule has 1 N–H and O–H groups in total. The number of amides is 1. The SMILES string of the molecule is CCN1CCN(c2ccc(NC(=O)c3ccc(-c4nc5ccccc5s4)o3)cc2)CC1. The van der Waals surface area contributed by atoms with Crippen LogP contribution in [0, 0.1) is 0 Å². The number of aromatic nitrogens is 1. The van der Waals surface area contributed by atoms with E-state index >= 15 is 0 Å². The number of carbonyl (C=O) groups excluding carboxylic acids is 1. The van der Waals surface area contributed by atoms with Gasteiger partial charge in [0.25, 0.3) is 5.91 Å². The molecule has 0 unspecified atom stereocenters. The molecule has 0 radical (unpaired) electrons. The van der Waals surface area contributed by atoms with Crippen LogP contribution in [0.3, 0.4) is 0 Å². The fourth-order valence-corrected chi connectivity index (χ4v) is 4.75. The standard InChI is InChI=1S/C24H24N4O2S/c1-2-27-13-15-28(16-14-27)18-9-7-17(8-10-18)25-23(29)20-11-12-21(30-20)24-26-19-5-3-4-6-22(19)31-24/h3-12H,2,13-16H2,1H3,(H,25,29). The van der Waals surface area contributed by atoms with Crippen molar-refractivity contribution in [3.05, 3.63) is 66.4 Å². The molecule has 158 valence electrons. The Hall–Kier alpha value is -3.16. The highest BCUT2D eigenvalue weighted by Gasteiger charge is 2.17. The van der Waals surface area contributed by atoms with E-state index in [1.807, 2.05) is 36.4 Å². The predicted octanol–water partition coefficient (Wildman–Crippen LogP) is 4.95. The van der Waals surface area contributed by atoms with Crippen LogP contribution >= 0.6 is 11.3 Å². The summed E-state index contributed by atoms with van der Waals surface area (Å²) in [5.41, 5.74) is 2.87. The number of furan rings is 1.